The second-order valence-electron chi connectivity index (χ2n) is 17.3. The van der Waals surface area contributed by atoms with Crippen LogP contribution in [-0.2, 0) is 30.5 Å². The van der Waals surface area contributed by atoms with Gasteiger partial charge in [-0.25, -0.2) is 4.79 Å². The molecule has 17 heteroatoms. The van der Waals surface area contributed by atoms with Gasteiger partial charge in [-0.3, -0.25) is 34.1 Å². The minimum Gasteiger partial charge on any atom is -0.497 e. The molecule has 0 saturated carbocycles. The number of nitro benzene ring substituents is 1. The van der Waals surface area contributed by atoms with Gasteiger partial charge in [0.1, 0.15) is 29.5 Å². The van der Waals surface area contributed by atoms with Crippen LogP contribution in [0.2, 0.25) is 0 Å². The van der Waals surface area contributed by atoms with Gasteiger partial charge in [-0.1, -0.05) is 30.3 Å². The molecule has 0 radical (unpaired) electrons. The quantitative estimate of drug-likeness (QED) is 0.0739. The van der Waals surface area contributed by atoms with E-state index in [1.807, 2.05) is 30.3 Å². The Hall–Kier alpha value is -6.36. The van der Waals surface area contributed by atoms with Crippen molar-refractivity contribution in [2.24, 2.45) is 0 Å². The highest BCUT2D eigenvalue weighted by atomic mass is 16.6. The standard InChI is InChI=1S/C47H61N7O10/c1-46(2,50(5)40(55)33-19-23-35(24-20-33)54(61)62)44(59)48-27-11-17-38(42(57)53-29-13-18-39(53)43(58)64-31-32-14-9-8-10-15-32)49-30-36-16-12-28-52(36)45(60)47(3,4)51(6)41(56)34-21-25-37(63-7)26-22-34/h8-10,14-15,19-26,36,38-39,49H,11-13,16-18,27-31H2,1-7H3,(H,48,59)/t36-,38-,39-/m0/s1. The molecular weight excluding hydrogens is 823 g/mol. The molecule has 2 aliphatic rings. The summed E-state index contributed by atoms with van der Waals surface area (Å²) in [5, 5.41) is 17.4. The Morgan fingerprint density at radius 3 is 2.00 bits per heavy atom. The van der Waals surface area contributed by atoms with Crippen LogP contribution in [0.25, 0.3) is 0 Å². The number of benzene rings is 3. The fourth-order valence-electron chi connectivity index (χ4n) is 7.93. The molecule has 0 unspecified atom stereocenters. The van der Waals surface area contributed by atoms with Crippen molar-refractivity contribution in [2.45, 2.75) is 102 Å². The van der Waals surface area contributed by atoms with Gasteiger partial charge in [-0.05, 0) is 108 Å². The molecule has 64 heavy (non-hydrogen) atoms. The van der Waals surface area contributed by atoms with Gasteiger partial charge in [0, 0.05) is 69.6 Å². The topological polar surface area (TPSA) is 201 Å². The maximum atomic E-state index is 14.5. The van der Waals surface area contributed by atoms with Crippen molar-refractivity contribution in [3.05, 3.63) is 106 Å². The van der Waals surface area contributed by atoms with Crippen molar-refractivity contribution in [2.75, 3.05) is 47.4 Å². The fourth-order valence-corrected chi connectivity index (χ4v) is 7.93. The highest BCUT2D eigenvalue weighted by molar-refractivity contribution is 6.00. The number of carbonyl (C=O) groups is 6. The van der Waals surface area contributed by atoms with Gasteiger partial charge in [0.25, 0.3) is 17.5 Å². The van der Waals surface area contributed by atoms with Crippen LogP contribution in [0, 0.1) is 10.1 Å². The summed E-state index contributed by atoms with van der Waals surface area (Å²) in [7, 11) is 4.63. The van der Waals surface area contributed by atoms with Crippen LogP contribution < -0.4 is 15.4 Å². The van der Waals surface area contributed by atoms with Crippen LogP contribution in [0.1, 0.15) is 92.5 Å². The van der Waals surface area contributed by atoms with Gasteiger partial charge in [0.15, 0.2) is 0 Å². The highest BCUT2D eigenvalue weighted by Gasteiger charge is 2.43. The van der Waals surface area contributed by atoms with E-state index >= 15 is 0 Å². The number of hydrogen-bond donors (Lipinski definition) is 2. The largest absolute Gasteiger partial charge is 0.497 e. The molecule has 3 atom stereocenters. The predicted molar refractivity (Wildman–Crippen MR) is 238 cm³/mol. The Morgan fingerprint density at radius 1 is 0.812 bits per heavy atom. The van der Waals surface area contributed by atoms with Gasteiger partial charge < -0.3 is 39.7 Å². The summed E-state index contributed by atoms with van der Waals surface area (Å²) >= 11 is 0. The molecule has 0 aromatic heterocycles. The molecular formula is C47H61N7O10. The summed E-state index contributed by atoms with van der Waals surface area (Å²) in [5.41, 5.74) is -1.25. The van der Waals surface area contributed by atoms with Crippen LogP contribution in [-0.4, -0.2) is 137 Å². The van der Waals surface area contributed by atoms with Crippen LogP contribution >= 0.6 is 0 Å². The lowest BCUT2D eigenvalue weighted by Crippen LogP contribution is -2.59. The monoisotopic (exact) mass is 883 g/mol. The van der Waals surface area contributed by atoms with E-state index in [0.29, 0.717) is 50.1 Å². The Kier molecular flexibility index (Phi) is 16.2. The number of nitrogens with zero attached hydrogens (tertiary/aromatic N) is 5. The molecule has 2 heterocycles. The molecule has 17 nitrogen and oxygen atoms in total. The van der Waals surface area contributed by atoms with Gasteiger partial charge >= 0.3 is 5.97 Å². The lowest BCUT2D eigenvalue weighted by molar-refractivity contribution is -0.384. The number of methoxy groups -OCH3 is 1. The van der Waals surface area contributed by atoms with Crippen molar-refractivity contribution in [1.82, 2.24) is 30.2 Å². The Labute approximate surface area is 374 Å². The molecule has 2 aliphatic heterocycles. The SMILES string of the molecule is COc1ccc(C(=O)N(C)C(C)(C)C(=O)N2CCC[C@H]2CN[C@@H](CCCNC(=O)C(C)(C)N(C)C(=O)c2ccc([N+](=O)[O-])cc2)C(=O)N2CCC[C@H]2C(=O)OCc2ccccc2)cc1. The van der Waals surface area contributed by atoms with Crippen molar-refractivity contribution < 1.29 is 43.2 Å². The number of esters is 1. The van der Waals surface area contributed by atoms with E-state index in [-0.39, 0.29) is 61.1 Å². The van der Waals surface area contributed by atoms with Gasteiger partial charge in [0.05, 0.1) is 18.1 Å². The van der Waals surface area contributed by atoms with E-state index < -0.39 is 45.9 Å². The van der Waals surface area contributed by atoms with Crippen LogP contribution in [0.4, 0.5) is 5.69 Å². The Balaban J connectivity index is 1.26. The third-order valence-electron chi connectivity index (χ3n) is 12.6. The predicted octanol–water partition coefficient (Wildman–Crippen LogP) is 4.58. The lowest BCUT2D eigenvalue weighted by Gasteiger charge is -2.39. The number of nitro groups is 1. The first kappa shape index (κ1) is 48.7. The van der Waals surface area contributed by atoms with Crippen molar-refractivity contribution in [3.63, 3.8) is 0 Å². The maximum absolute atomic E-state index is 14.5. The Morgan fingerprint density at radius 2 is 1.39 bits per heavy atom. The average molecular weight is 884 g/mol. The first-order valence-corrected chi connectivity index (χ1v) is 21.7. The molecule has 344 valence electrons. The van der Waals surface area contributed by atoms with Gasteiger partial charge in [-0.15, -0.1) is 0 Å². The van der Waals surface area contributed by atoms with Crippen molar-refractivity contribution in [3.8, 4) is 5.75 Å². The number of rotatable bonds is 19. The third-order valence-corrected chi connectivity index (χ3v) is 12.6. The first-order chi connectivity index (χ1) is 30.4. The van der Waals surface area contributed by atoms with E-state index in [0.717, 1.165) is 12.0 Å². The van der Waals surface area contributed by atoms with Crippen LogP contribution in [0.5, 0.6) is 5.75 Å². The molecule has 2 fully saturated rings. The van der Waals surface area contributed by atoms with E-state index in [1.165, 1.54) is 41.1 Å². The summed E-state index contributed by atoms with van der Waals surface area (Å²) < 4.78 is 10.9. The molecule has 0 bridgehead atoms. The minimum atomic E-state index is -1.31. The van der Waals surface area contributed by atoms with E-state index in [1.54, 1.807) is 75.9 Å². The molecule has 3 aromatic rings. The maximum Gasteiger partial charge on any atom is 0.329 e. The number of likely N-dealkylation sites (tertiary alicyclic amines) is 2. The molecule has 2 saturated heterocycles. The smallest absolute Gasteiger partial charge is 0.329 e. The van der Waals surface area contributed by atoms with Crippen LogP contribution in [0.3, 0.4) is 0 Å². The number of likely N-dealkylation sites (N-methyl/N-ethyl adjacent to an activating group) is 2. The zero-order valence-corrected chi connectivity index (χ0v) is 37.8. The van der Waals surface area contributed by atoms with E-state index in [9.17, 15) is 38.9 Å². The van der Waals surface area contributed by atoms with Crippen molar-refractivity contribution in [1.29, 1.82) is 0 Å². The number of nitrogens with one attached hydrogen (secondary N) is 2. The fraction of sp³-hybridized carbons (Fsp3) is 0.489. The summed E-state index contributed by atoms with van der Waals surface area (Å²) in [6, 6.07) is 19.3. The average Bonchev–Trinajstić information content (AvgIpc) is 4.00. The van der Waals surface area contributed by atoms with E-state index in [4.69, 9.17) is 9.47 Å². The zero-order chi connectivity index (χ0) is 46.8. The van der Waals surface area contributed by atoms with Gasteiger partial charge in [0.2, 0.25) is 17.7 Å². The Bertz CT molecular complexity index is 2150. The summed E-state index contributed by atoms with van der Waals surface area (Å²) in [5.74, 6) is -1.66. The molecule has 5 amide bonds. The lowest BCUT2D eigenvalue weighted by atomic mass is 9.99. The molecule has 2 N–H and O–H groups in total. The molecule has 0 aliphatic carbocycles. The summed E-state index contributed by atoms with van der Waals surface area (Å²) in [4.78, 5) is 99.0. The first-order valence-electron chi connectivity index (χ1n) is 21.7. The number of hydrogen-bond acceptors (Lipinski definition) is 11. The third kappa shape index (κ3) is 11.4. The normalized spacial score (nSPS) is 16.7. The van der Waals surface area contributed by atoms with Gasteiger partial charge in [-0.2, -0.15) is 0 Å². The molecule has 0 spiro atoms. The summed E-state index contributed by atoms with van der Waals surface area (Å²) in [6.45, 7) is 7.95. The number of non-ortho nitro benzene ring substituents is 1. The number of amides is 5. The second kappa shape index (κ2) is 21.3. The zero-order valence-electron chi connectivity index (χ0n) is 37.8. The summed E-state index contributed by atoms with van der Waals surface area (Å²) in [6.07, 6.45) is 3.08. The number of ether oxygens (including phenoxy) is 2. The van der Waals surface area contributed by atoms with Crippen molar-refractivity contribution >= 4 is 41.2 Å². The number of carbonyl (C=O) groups excluding carboxylic acids is 6. The molecule has 5 rings (SSSR count). The van der Waals surface area contributed by atoms with E-state index in [2.05, 4.69) is 10.6 Å². The molecule has 3 aromatic carbocycles. The highest BCUT2D eigenvalue weighted by Crippen LogP contribution is 2.27. The second-order valence-corrected chi connectivity index (χ2v) is 17.3. The van der Waals surface area contributed by atoms with Crippen LogP contribution in [0.15, 0.2) is 78.9 Å². The minimum absolute atomic E-state index is 0.0768.